The van der Waals surface area contributed by atoms with E-state index in [4.69, 9.17) is 27.7 Å². The zero-order chi connectivity index (χ0) is 32.8. The minimum Gasteiger partial charge on any atom is -0.508 e. The van der Waals surface area contributed by atoms with Crippen LogP contribution in [0.4, 0.5) is 14.6 Å². The first kappa shape index (κ1) is 30.4. The predicted molar refractivity (Wildman–Crippen MR) is 184 cm³/mol. The number of nitrogens with one attached hydrogen (secondary N) is 1. The van der Waals surface area contributed by atoms with Crippen molar-refractivity contribution in [2.24, 2.45) is 10.8 Å². The number of likely N-dealkylation sites (tertiary alicyclic amines) is 1. The van der Waals surface area contributed by atoms with Crippen molar-refractivity contribution >= 4 is 39.1 Å². The molecule has 5 aliphatic rings. The molecular formula is C38H38ClF2N5O2. The molecular weight excluding hydrogens is 632 g/mol. The number of benzene rings is 3. The Balaban J connectivity index is 1.12. The van der Waals surface area contributed by atoms with Gasteiger partial charge in [0.05, 0.1) is 17.2 Å². The number of aromatic hydroxyl groups is 1. The van der Waals surface area contributed by atoms with Gasteiger partial charge in [-0.25, -0.2) is 8.78 Å². The average molecular weight is 670 g/mol. The van der Waals surface area contributed by atoms with Gasteiger partial charge in [0, 0.05) is 53.5 Å². The Morgan fingerprint density at radius 3 is 2.46 bits per heavy atom. The molecule has 5 fully saturated rings. The Morgan fingerprint density at radius 2 is 1.77 bits per heavy atom. The van der Waals surface area contributed by atoms with Crippen LogP contribution in [-0.2, 0) is 0 Å². The van der Waals surface area contributed by atoms with E-state index in [9.17, 15) is 9.50 Å². The second-order valence-electron chi connectivity index (χ2n) is 15.0. The normalized spacial score (nSPS) is 23.9. The second kappa shape index (κ2) is 11.2. The fourth-order valence-electron chi connectivity index (χ4n) is 8.52. The van der Waals surface area contributed by atoms with Crippen LogP contribution in [0, 0.1) is 34.8 Å². The molecule has 10 heteroatoms. The molecule has 3 aliphatic heterocycles. The highest BCUT2D eigenvalue weighted by molar-refractivity contribution is 6.35. The van der Waals surface area contributed by atoms with E-state index >= 15 is 4.39 Å². The Bertz CT molecular complexity index is 2000. The first-order chi connectivity index (χ1) is 23.2. The van der Waals surface area contributed by atoms with Crippen LogP contribution in [0.2, 0.25) is 5.02 Å². The van der Waals surface area contributed by atoms with Gasteiger partial charge in [-0.1, -0.05) is 23.6 Å². The summed E-state index contributed by atoms with van der Waals surface area (Å²) in [7, 11) is 0. The van der Waals surface area contributed by atoms with Crippen molar-refractivity contribution in [2.45, 2.75) is 63.5 Å². The highest BCUT2D eigenvalue weighted by atomic mass is 35.5. The molecule has 7 nitrogen and oxygen atoms in total. The third-order valence-corrected chi connectivity index (χ3v) is 12.0. The molecule has 248 valence electrons. The number of phenolic OH excluding ortho intramolecular Hbond substituents is 1. The van der Waals surface area contributed by atoms with Gasteiger partial charge >= 0.3 is 6.01 Å². The number of halogens is 3. The van der Waals surface area contributed by atoms with E-state index in [0.717, 1.165) is 58.4 Å². The molecule has 1 spiro atoms. The summed E-state index contributed by atoms with van der Waals surface area (Å²) >= 11 is 6.91. The van der Waals surface area contributed by atoms with E-state index in [0.29, 0.717) is 46.1 Å². The number of aromatic nitrogens is 2. The summed E-state index contributed by atoms with van der Waals surface area (Å²) in [5.41, 5.74) is 0.899. The summed E-state index contributed by atoms with van der Waals surface area (Å²) in [5, 5.41) is 15.6. The minimum absolute atomic E-state index is 0.0136. The van der Waals surface area contributed by atoms with Gasteiger partial charge in [0.2, 0.25) is 0 Å². The zero-order valence-corrected chi connectivity index (χ0v) is 27.6. The van der Waals surface area contributed by atoms with Gasteiger partial charge in [-0.05, 0) is 105 Å². The third kappa shape index (κ3) is 5.24. The number of piperidine rings is 1. The van der Waals surface area contributed by atoms with E-state index in [-0.39, 0.29) is 44.4 Å². The molecule has 0 amide bonds. The molecule has 48 heavy (non-hydrogen) atoms. The van der Waals surface area contributed by atoms with Gasteiger partial charge in [-0.3, -0.25) is 0 Å². The number of hydrogen-bond donors (Lipinski definition) is 2. The zero-order valence-electron chi connectivity index (χ0n) is 26.8. The molecule has 2 saturated carbocycles. The fourth-order valence-corrected chi connectivity index (χ4v) is 8.82. The molecule has 2 unspecified atom stereocenters. The maximum Gasteiger partial charge on any atom is 0.319 e. The average Bonchev–Trinajstić information content (AvgIpc) is 4.00. The molecule has 4 heterocycles. The van der Waals surface area contributed by atoms with Crippen molar-refractivity contribution in [2.75, 3.05) is 44.2 Å². The van der Waals surface area contributed by atoms with E-state index in [1.54, 1.807) is 6.07 Å². The lowest BCUT2D eigenvalue weighted by atomic mass is 9.93. The maximum atomic E-state index is 17.1. The number of anilines is 1. The van der Waals surface area contributed by atoms with Crippen LogP contribution in [0.5, 0.6) is 11.8 Å². The lowest BCUT2D eigenvalue weighted by molar-refractivity contribution is 0.115. The molecule has 4 aromatic rings. The van der Waals surface area contributed by atoms with Gasteiger partial charge < -0.3 is 25.0 Å². The molecule has 1 aromatic heterocycles. The lowest BCUT2D eigenvalue weighted by Crippen LogP contribution is -2.51. The number of ether oxygens (including phenoxy) is 1. The van der Waals surface area contributed by atoms with Crippen LogP contribution >= 0.6 is 11.6 Å². The minimum atomic E-state index is -0.702. The molecule has 2 N–H and O–H groups in total. The van der Waals surface area contributed by atoms with Gasteiger partial charge in [-0.15, -0.1) is 6.42 Å². The lowest BCUT2D eigenvalue weighted by Gasteiger charge is -2.35. The van der Waals surface area contributed by atoms with Crippen molar-refractivity contribution in [3.05, 3.63) is 52.6 Å². The Kier molecular flexibility index (Phi) is 7.06. The fraction of sp³-hybridized carbons (Fsp3) is 0.474. The van der Waals surface area contributed by atoms with E-state index in [1.165, 1.54) is 49.9 Å². The van der Waals surface area contributed by atoms with Crippen LogP contribution < -0.4 is 15.0 Å². The molecule has 0 radical (unpaired) electrons. The quantitative estimate of drug-likeness (QED) is 0.205. The third-order valence-electron chi connectivity index (χ3n) is 11.7. The summed E-state index contributed by atoms with van der Waals surface area (Å²) in [5.74, 6) is 1.56. The van der Waals surface area contributed by atoms with Crippen molar-refractivity contribution in [1.29, 1.82) is 0 Å². The second-order valence-corrected chi connectivity index (χ2v) is 15.4. The number of hydrogen-bond acceptors (Lipinski definition) is 7. The molecule has 2 aliphatic carbocycles. The summed E-state index contributed by atoms with van der Waals surface area (Å²) in [4.78, 5) is 14.4. The number of terminal acetylenes is 1. The standard InChI is InChI=1S/C38H38ClF2N5O2/c1-2-26-30(40)6-3-22-15-25(47)16-27(31(22)26)32-29(39)17-28-34(33(32)41)43-36(44-35(28)46-18-23-4-5-24(19-46)42-23)48-21-38(9-10-38)20-45-13-11-37(7-8-37)12-14-45/h1,3,6,15-17,23-24,42,47H,4-5,7-14,18-21H2. The van der Waals surface area contributed by atoms with Crippen LogP contribution in [0.3, 0.4) is 0 Å². The van der Waals surface area contributed by atoms with E-state index < -0.39 is 11.6 Å². The summed E-state index contributed by atoms with van der Waals surface area (Å²) in [6.07, 6.45) is 15.4. The Morgan fingerprint density at radius 1 is 1.02 bits per heavy atom. The summed E-state index contributed by atoms with van der Waals surface area (Å²) in [6.45, 7) is 5.21. The molecule has 9 rings (SSSR count). The van der Waals surface area contributed by atoms with Crippen molar-refractivity contribution in [3.63, 3.8) is 0 Å². The number of phenols is 1. The molecule has 2 bridgehead atoms. The van der Waals surface area contributed by atoms with Gasteiger partial charge in [0.15, 0.2) is 5.82 Å². The van der Waals surface area contributed by atoms with Gasteiger partial charge in [0.1, 0.15) is 22.9 Å². The van der Waals surface area contributed by atoms with Crippen LogP contribution in [0.1, 0.15) is 56.9 Å². The first-order valence-electron chi connectivity index (χ1n) is 17.2. The molecule has 3 saturated heterocycles. The molecule has 2 atom stereocenters. The topological polar surface area (TPSA) is 73.8 Å². The van der Waals surface area contributed by atoms with E-state index in [1.807, 2.05) is 0 Å². The highest BCUT2D eigenvalue weighted by Gasteiger charge is 2.49. The molecule has 3 aromatic carbocycles. The smallest absolute Gasteiger partial charge is 0.319 e. The van der Waals surface area contributed by atoms with Crippen LogP contribution in [0.25, 0.3) is 32.8 Å². The monoisotopic (exact) mass is 669 g/mol. The Hall–Kier alpha value is -3.71. The SMILES string of the molecule is C#Cc1c(F)ccc2cc(O)cc(-c3c(Cl)cc4c(N5CC6CCC(C5)N6)nc(OCC5(CN6CCC7(CC6)CC7)CC5)nc4c3F)c12. The van der Waals surface area contributed by atoms with Crippen LogP contribution in [0.15, 0.2) is 30.3 Å². The maximum absolute atomic E-state index is 17.1. The highest BCUT2D eigenvalue weighted by Crippen LogP contribution is 2.55. The summed E-state index contributed by atoms with van der Waals surface area (Å²) in [6, 6.07) is 8.04. The largest absolute Gasteiger partial charge is 0.508 e. The number of nitrogens with zero attached hydrogens (tertiary/aromatic N) is 4. The van der Waals surface area contributed by atoms with E-state index in [2.05, 4.69) is 26.0 Å². The predicted octanol–water partition coefficient (Wildman–Crippen LogP) is 7.04. The van der Waals surface area contributed by atoms with Crippen molar-refractivity contribution < 1.29 is 18.6 Å². The number of fused-ring (bicyclic) bond motifs is 4. The van der Waals surface area contributed by atoms with Gasteiger partial charge in [0.25, 0.3) is 0 Å². The Labute approximate surface area is 283 Å². The van der Waals surface area contributed by atoms with Crippen molar-refractivity contribution in [1.82, 2.24) is 20.2 Å². The van der Waals surface area contributed by atoms with Crippen molar-refractivity contribution in [3.8, 4) is 35.2 Å². The van der Waals surface area contributed by atoms with Crippen LogP contribution in [-0.4, -0.2) is 71.4 Å². The number of rotatable bonds is 7. The van der Waals surface area contributed by atoms with Gasteiger partial charge in [-0.2, -0.15) is 9.97 Å². The first-order valence-corrected chi connectivity index (χ1v) is 17.6. The summed E-state index contributed by atoms with van der Waals surface area (Å²) < 4.78 is 38.4. The number of piperazine rings is 1.